The summed E-state index contributed by atoms with van der Waals surface area (Å²) in [6, 6.07) is 18.1. The van der Waals surface area contributed by atoms with Gasteiger partial charge in [0.2, 0.25) is 11.3 Å². The summed E-state index contributed by atoms with van der Waals surface area (Å²) in [5.41, 5.74) is 5.30. The topological polar surface area (TPSA) is 187 Å². The molecule has 18 heteroatoms. The zero-order valence-corrected chi connectivity index (χ0v) is 35.9. The van der Waals surface area contributed by atoms with E-state index in [9.17, 15) is 13.8 Å². The molecule has 1 amide bonds. The molecule has 0 radical (unpaired) electrons. The third-order valence-electron chi connectivity index (χ3n) is 13.3. The molecule has 63 heavy (non-hydrogen) atoms. The van der Waals surface area contributed by atoms with Crippen LogP contribution >= 0.6 is 0 Å². The van der Waals surface area contributed by atoms with Crippen molar-refractivity contribution in [2.75, 3.05) is 19.8 Å². The van der Waals surface area contributed by atoms with E-state index in [0.717, 1.165) is 29.3 Å². The van der Waals surface area contributed by atoms with Crippen molar-refractivity contribution in [2.45, 2.75) is 77.4 Å². The molecule has 2 aliphatic heterocycles. The van der Waals surface area contributed by atoms with Gasteiger partial charge in [-0.2, -0.15) is 5.10 Å². The lowest BCUT2D eigenvalue weighted by Crippen LogP contribution is -2.41. The largest absolute Gasteiger partial charge is 0.438 e. The van der Waals surface area contributed by atoms with Crippen molar-refractivity contribution in [1.82, 2.24) is 43.2 Å². The minimum absolute atomic E-state index is 0.0169. The van der Waals surface area contributed by atoms with Crippen molar-refractivity contribution in [3.8, 4) is 17.2 Å². The highest BCUT2D eigenvalue weighted by molar-refractivity contribution is 7.77. The molecule has 0 spiro atoms. The van der Waals surface area contributed by atoms with E-state index in [2.05, 4.69) is 40.0 Å². The Bertz CT molecular complexity index is 3060. The van der Waals surface area contributed by atoms with Crippen LogP contribution in [0, 0.1) is 25.6 Å². The summed E-state index contributed by atoms with van der Waals surface area (Å²) in [4.78, 5) is 47.0. The lowest BCUT2D eigenvalue weighted by Gasteiger charge is -2.34. The minimum atomic E-state index is -2.17. The Hall–Kier alpha value is -6.21. The van der Waals surface area contributed by atoms with Gasteiger partial charge in [-0.05, 0) is 117 Å². The minimum Gasteiger partial charge on any atom is -0.381 e. The number of aryl methyl sites for hydroxylation is 2. The van der Waals surface area contributed by atoms with Crippen LogP contribution in [0.2, 0.25) is 0 Å². The summed E-state index contributed by atoms with van der Waals surface area (Å²) < 4.78 is 55.2. The molecule has 326 valence electrons. The van der Waals surface area contributed by atoms with Gasteiger partial charge in [0.25, 0.3) is 5.91 Å². The molecule has 1 unspecified atom stereocenters. The average Bonchev–Trinajstić information content (AvgIpc) is 3.77. The Morgan fingerprint density at radius 2 is 1.71 bits per heavy atom. The van der Waals surface area contributed by atoms with E-state index in [1.165, 1.54) is 14.7 Å². The van der Waals surface area contributed by atoms with Crippen molar-refractivity contribution in [3.05, 3.63) is 145 Å². The van der Waals surface area contributed by atoms with Crippen LogP contribution in [0.25, 0.3) is 28.1 Å². The number of carbonyl (C=O) groups is 1. The molecule has 4 aromatic heterocycles. The van der Waals surface area contributed by atoms with Crippen molar-refractivity contribution < 1.29 is 27.2 Å². The average molecular weight is 876 g/mol. The van der Waals surface area contributed by atoms with E-state index in [1.807, 2.05) is 22.5 Å². The van der Waals surface area contributed by atoms with Crippen LogP contribution in [0.1, 0.15) is 94.9 Å². The van der Waals surface area contributed by atoms with E-state index in [4.69, 9.17) is 18.9 Å². The maximum absolute atomic E-state index is 15.4. The number of halogens is 1. The Morgan fingerprint density at radius 1 is 1.00 bits per heavy atom. The summed E-state index contributed by atoms with van der Waals surface area (Å²) in [7, 11) is 0. The van der Waals surface area contributed by atoms with Gasteiger partial charge in [-0.15, -0.1) is 0 Å². The predicted octanol–water partition coefficient (Wildman–Crippen LogP) is 5.86. The van der Waals surface area contributed by atoms with Crippen LogP contribution < -0.4 is 16.2 Å². The zero-order chi connectivity index (χ0) is 43.9. The number of carbonyl (C=O) groups excluding carboxylic acids is 1. The van der Waals surface area contributed by atoms with E-state index in [-0.39, 0.29) is 24.2 Å². The summed E-state index contributed by atoms with van der Waals surface area (Å²) >= 11 is -2.17. The zero-order valence-electron chi connectivity index (χ0n) is 35.1. The molecule has 3 aromatic carbocycles. The first-order valence-electron chi connectivity index (χ1n) is 21.1. The molecular formula is C45H46FN9O7S. The van der Waals surface area contributed by atoms with Gasteiger partial charge in [-0.1, -0.05) is 30.3 Å². The lowest BCUT2D eigenvalue weighted by atomic mass is 9.91. The number of H-pyrrole nitrogens is 1. The van der Waals surface area contributed by atoms with Crippen LogP contribution in [0.15, 0.2) is 87.2 Å². The summed E-state index contributed by atoms with van der Waals surface area (Å²) in [6.07, 6.45) is 6.12. The number of nitrogens with one attached hydrogen (secondary N) is 2. The summed E-state index contributed by atoms with van der Waals surface area (Å²) in [5, 5.41) is 10.1. The number of benzene rings is 3. The van der Waals surface area contributed by atoms with E-state index >= 15 is 9.18 Å². The van der Waals surface area contributed by atoms with Crippen LogP contribution in [0.5, 0.6) is 0 Å². The third kappa shape index (κ3) is 6.83. The lowest BCUT2D eigenvalue weighted by molar-refractivity contribution is 0.0663. The van der Waals surface area contributed by atoms with Gasteiger partial charge in [0.15, 0.2) is 5.82 Å². The Balaban J connectivity index is 1.09. The van der Waals surface area contributed by atoms with Gasteiger partial charge in [-0.25, -0.2) is 27.6 Å². The van der Waals surface area contributed by atoms with Gasteiger partial charge in [0.1, 0.15) is 22.9 Å². The predicted molar refractivity (Wildman–Crippen MR) is 231 cm³/mol. The van der Waals surface area contributed by atoms with Crippen molar-refractivity contribution in [2.24, 2.45) is 5.92 Å². The fourth-order valence-electron chi connectivity index (χ4n) is 9.87. The first-order chi connectivity index (χ1) is 30.3. The second-order valence-corrected chi connectivity index (χ2v) is 17.8. The fraction of sp³-hybridized carbons (Fsp3) is 0.356. The van der Waals surface area contributed by atoms with Crippen LogP contribution in [0.4, 0.5) is 4.39 Å². The van der Waals surface area contributed by atoms with Gasteiger partial charge < -0.3 is 14.2 Å². The van der Waals surface area contributed by atoms with Gasteiger partial charge in [0, 0.05) is 61.6 Å². The number of rotatable bonds is 10. The number of hydrogen-bond donors (Lipinski definition) is 3. The highest BCUT2D eigenvalue weighted by Crippen LogP contribution is 2.56. The first kappa shape index (κ1) is 40.8. The number of aromatic nitrogens is 7. The number of ether oxygens (including phenoxy) is 1. The quantitative estimate of drug-likeness (QED) is 0.142. The smallest absolute Gasteiger partial charge is 0.381 e. The van der Waals surface area contributed by atoms with Crippen LogP contribution in [-0.2, 0) is 34.5 Å². The normalized spacial score (nSPS) is 20.6. The maximum atomic E-state index is 15.4. The van der Waals surface area contributed by atoms with Gasteiger partial charge in [0.05, 0.1) is 23.1 Å². The molecule has 3 N–H and O–H groups in total. The Kier molecular flexibility index (Phi) is 10.1. The van der Waals surface area contributed by atoms with E-state index < -0.39 is 34.3 Å². The molecule has 0 bridgehead atoms. The van der Waals surface area contributed by atoms with Crippen LogP contribution in [-0.4, -0.2) is 72.9 Å². The molecule has 1 saturated carbocycles. The molecule has 6 heterocycles. The highest BCUT2D eigenvalue weighted by Gasteiger charge is 2.59. The SMILES string of the molecule is Cc1cc(-n2nc3c(c2-n2ccn(-c4ccc(CNS(=O)O)cc4)c2=O)[C@H](C)N(C(=O)c2cc4cc(C5CCOCC5)ccc4n2[C@@]2(c4noc(=O)[nH]4)C[C@@H]2C)CC3)cc(C)c1F. The molecular weight excluding hydrogens is 830 g/mol. The number of hydrogen-bond acceptors (Lipinski definition) is 8. The third-order valence-corrected chi connectivity index (χ3v) is 13.6. The molecule has 4 atom stereocenters. The number of imidazole rings is 1. The van der Waals surface area contributed by atoms with E-state index in [1.54, 1.807) is 67.3 Å². The first-order valence-corrected chi connectivity index (χ1v) is 22.2. The van der Waals surface area contributed by atoms with Gasteiger partial charge >= 0.3 is 11.4 Å². The number of fused-ring (bicyclic) bond motifs is 2. The molecule has 2 fully saturated rings. The number of nitrogens with zero attached hydrogens (tertiary/aromatic N) is 7. The highest BCUT2D eigenvalue weighted by atomic mass is 32.2. The van der Waals surface area contributed by atoms with Crippen molar-refractivity contribution in [1.29, 1.82) is 0 Å². The molecule has 3 aliphatic rings. The number of aromatic amines is 1. The molecule has 1 aliphatic carbocycles. The molecule has 7 aromatic rings. The maximum Gasteiger partial charge on any atom is 0.438 e. The second-order valence-electron chi connectivity index (χ2n) is 17.0. The van der Waals surface area contributed by atoms with E-state index in [0.29, 0.717) is 89.6 Å². The van der Waals surface area contributed by atoms with Gasteiger partial charge in [-0.3, -0.25) is 28.0 Å². The van der Waals surface area contributed by atoms with Crippen molar-refractivity contribution in [3.63, 3.8) is 0 Å². The van der Waals surface area contributed by atoms with Crippen LogP contribution in [0.3, 0.4) is 0 Å². The standard InChI is InChI=1S/C45H46FN9O7S/c1-25-19-34(20-26(2)39(25)46)55-40(53-16-15-52(44(53)58)33-8-5-29(6-9-33)24-47-63(59)60)38-28(4)51(14-11-35(38)49-55)41(56)37-22-32-21-31(30-12-17-61-18-13-30)7-10-36(32)54(37)45(23-27(45)3)42-48-43(57)62-50-42/h5-10,15-16,19-22,27-28,30,47H,11-14,17-18,23-24H2,1-4H3,(H,59,60)(H,48,50,57)/t27-,28-,45-/m0/s1. The molecule has 10 rings (SSSR count). The summed E-state index contributed by atoms with van der Waals surface area (Å²) in [6.45, 7) is 9.24. The van der Waals surface area contributed by atoms with Crippen molar-refractivity contribution >= 4 is 28.1 Å². The molecule has 1 saturated heterocycles. The fourth-order valence-corrected chi connectivity index (χ4v) is 10.2. The summed E-state index contributed by atoms with van der Waals surface area (Å²) in [5.74, 6) is -0.110. The Morgan fingerprint density at radius 3 is 2.38 bits per heavy atom. The number of amides is 1. The monoisotopic (exact) mass is 875 g/mol. The Labute approximate surface area is 362 Å². The molecule has 16 nitrogen and oxygen atoms in total. The second kappa shape index (κ2) is 15.5.